The molecule has 1 unspecified atom stereocenters. The second kappa shape index (κ2) is 7.09. The van der Waals surface area contributed by atoms with Crippen molar-refractivity contribution in [3.05, 3.63) is 35.4 Å². The van der Waals surface area contributed by atoms with Crippen LogP contribution in [0, 0.1) is 17.6 Å². The van der Waals surface area contributed by atoms with E-state index in [4.69, 9.17) is 4.74 Å². The molecule has 21 heavy (non-hydrogen) atoms. The Kier molecular flexibility index (Phi) is 5.42. The zero-order valence-corrected chi connectivity index (χ0v) is 12.4. The first-order valence-corrected chi connectivity index (χ1v) is 7.26. The summed E-state index contributed by atoms with van der Waals surface area (Å²) in [5, 5.41) is 0. The maximum absolute atomic E-state index is 13.6. The molecule has 1 aromatic carbocycles. The summed E-state index contributed by atoms with van der Waals surface area (Å²) >= 11 is 0. The lowest BCUT2D eigenvalue weighted by atomic mass is 10.0. The van der Waals surface area contributed by atoms with Crippen molar-refractivity contribution in [2.45, 2.75) is 25.8 Å². The van der Waals surface area contributed by atoms with Crippen molar-refractivity contribution < 1.29 is 18.3 Å². The monoisotopic (exact) mass is 297 g/mol. The molecule has 0 bridgehead atoms. The van der Waals surface area contributed by atoms with E-state index < -0.39 is 17.7 Å². The van der Waals surface area contributed by atoms with Gasteiger partial charge in [-0.2, -0.15) is 0 Å². The lowest BCUT2D eigenvalue weighted by Gasteiger charge is -2.23. The molecule has 0 radical (unpaired) electrons. The molecule has 0 aromatic heterocycles. The molecule has 0 heterocycles. The Balaban J connectivity index is 1.84. The minimum absolute atomic E-state index is 0.0744. The number of rotatable bonds is 8. The number of hydrogen-bond donors (Lipinski definition) is 0. The minimum atomic E-state index is -0.815. The van der Waals surface area contributed by atoms with E-state index in [-0.39, 0.29) is 11.3 Å². The van der Waals surface area contributed by atoms with Crippen molar-refractivity contribution in [2.24, 2.45) is 5.92 Å². The molecule has 0 N–H and O–H groups in total. The molecule has 0 spiro atoms. The van der Waals surface area contributed by atoms with Crippen molar-refractivity contribution in [1.29, 1.82) is 0 Å². The van der Waals surface area contributed by atoms with Gasteiger partial charge in [0.2, 0.25) is 0 Å². The van der Waals surface area contributed by atoms with E-state index in [1.165, 1.54) is 18.9 Å². The highest BCUT2D eigenvalue weighted by Gasteiger charge is 2.23. The van der Waals surface area contributed by atoms with Crippen LogP contribution in [-0.2, 0) is 4.74 Å². The topological polar surface area (TPSA) is 29.5 Å². The van der Waals surface area contributed by atoms with Crippen LogP contribution in [0.3, 0.4) is 0 Å². The SMILES string of the molecule is CC(C(=O)c1ccc(F)cc1F)N(C)CCOCC1CC1. The summed E-state index contributed by atoms with van der Waals surface area (Å²) in [4.78, 5) is 14.0. The Morgan fingerprint density at radius 1 is 1.43 bits per heavy atom. The average Bonchev–Trinajstić information content (AvgIpc) is 3.26. The molecule has 0 amide bonds. The van der Waals surface area contributed by atoms with Crippen LogP contribution >= 0.6 is 0 Å². The van der Waals surface area contributed by atoms with Crippen molar-refractivity contribution in [2.75, 3.05) is 26.8 Å². The Bertz CT molecular complexity index is 503. The molecule has 1 fully saturated rings. The second-order valence-corrected chi connectivity index (χ2v) is 5.66. The van der Waals surface area contributed by atoms with Gasteiger partial charge in [-0.05, 0) is 44.9 Å². The number of carbonyl (C=O) groups excluding carboxylic acids is 1. The van der Waals surface area contributed by atoms with Crippen LogP contribution in [0.25, 0.3) is 0 Å². The molecule has 1 atom stereocenters. The first-order chi connectivity index (χ1) is 9.99. The van der Waals surface area contributed by atoms with Crippen LogP contribution in [0.2, 0.25) is 0 Å². The lowest BCUT2D eigenvalue weighted by Crippen LogP contribution is -2.38. The fraction of sp³-hybridized carbons (Fsp3) is 0.562. The highest BCUT2D eigenvalue weighted by atomic mass is 19.1. The second-order valence-electron chi connectivity index (χ2n) is 5.66. The standard InChI is InChI=1S/C16H21F2NO2/c1-11(19(2)7-8-21-10-12-3-4-12)16(20)14-6-5-13(17)9-15(14)18/h5-6,9,11-12H,3-4,7-8,10H2,1-2H3. The number of ether oxygens (including phenoxy) is 1. The Morgan fingerprint density at radius 3 is 2.76 bits per heavy atom. The van der Waals surface area contributed by atoms with Gasteiger partial charge in [0.15, 0.2) is 5.78 Å². The van der Waals surface area contributed by atoms with Crippen LogP contribution in [0.4, 0.5) is 8.78 Å². The van der Waals surface area contributed by atoms with Crippen molar-refractivity contribution >= 4 is 5.78 Å². The number of halogens is 2. The van der Waals surface area contributed by atoms with Gasteiger partial charge >= 0.3 is 0 Å². The summed E-state index contributed by atoms with van der Waals surface area (Å²) in [6.45, 7) is 3.65. The summed E-state index contributed by atoms with van der Waals surface area (Å²) in [5.74, 6) is -1.14. The molecule has 0 saturated heterocycles. The normalized spacial score (nSPS) is 16.2. The summed E-state index contributed by atoms with van der Waals surface area (Å²) in [5.41, 5.74) is -0.0744. The number of carbonyl (C=O) groups is 1. The molecule has 116 valence electrons. The smallest absolute Gasteiger partial charge is 0.182 e. The Labute approximate surface area is 123 Å². The molecule has 0 aliphatic heterocycles. The summed E-state index contributed by atoms with van der Waals surface area (Å²) < 4.78 is 32.0. The van der Waals surface area contributed by atoms with Crippen molar-refractivity contribution in [1.82, 2.24) is 4.90 Å². The number of likely N-dealkylation sites (N-methyl/N-ethyl adjacent to an activating group) is 1. The quantitative estimate of drug-likeness (QED) is 0.546. The minimum Gasteiger partial charge on any atom is -0.380 e. The van der Waals surface area contributed by atoms with E-state index in [1.807, 2.05) is 4.90 Å². The first-order valence-electron chi connectivity index (χ1n) is 7.26. The van der Waals surface area contributed by atoms with Crippen LogP contribution in [0.15, 0.2) is 18.2 Å². The van der Waals surface area contributed by atoms with Gasteiger partial charge in [-0.15, -0.1) is 0 Å². The number of benzene rings is 1. The summed E-state index contributed by atoms with van der Waals surface area (Å²) in [6, 6.07) is 2.55. The van der Waals surface area contributed by atoms with Crippen LogP contribution in [-0.4, -0.2) is 43.5 Å². The third kappa shape index (κ3) is 4.58. The van der Waals surface area contributed by atoms with Gasteiger partial charge in [-0.3, -0.25) is 9.69 Å². The first kappa shape index (κ1) is 16.0. The predicted octanol–water partition coefficient (Wildman–Crippen LogP) is 2.89. The highest BCUT2D eigenvalue weighted by molar-refractivity contribution is 6.00. The predicted molar refractivity (Wildman–Crippen MR) is 76.3 cm³/mol. The molecule has 2 rings (SSSR count). The Morgan fingerprint density at radius 2 is 2.14 bits per heavy atom. The zero-order chi connectivity index (χ0) is 15.4. The van der Waals surface area contributed by atoms with Gasteiger partial charge < -0.3 is 4.74 Å². The van der Waals surface area contributed by atoms with Crippen molar-refractivity contribution in [3.8, 4) is 0 Å². The van der Waals surface area contributed by atoms with Gasteiger partial charge in [0.05, 0.1) is 18.2 Å². The largest absolute Gasteiger partial charge is 0.380 e. The molecule has 1 aromatic rings. The zero-order valence-electron chi connectivity index (χ0n) is 12.4. The fourth-order valence-corrected chi connectivity index (χ4v) is 2.05. The molecular formula is C16H21F2NO2. The van der Waals surface area contributed by atoms with Gasteiger partial charge in [-0.1, -0.05) is 0 Å². The lowest BCUT2D eigenvalue weighted by molar-refractivity contribution is 0.0745. The third-order valence-corrected chi connectivity index (χ3v) is 3.88. The molecular weight excluding hydrogens is 276 g/mol. The maximum atomic E-state index is 13.6. The van der Waals surface area contributed by atoms with Gasteiger partial charge in [0, 0.05) is 19.2 Å². The number of hydrogen-bond acceptors (Lipinski definition) is 3. The number of Topliss-reactive ketones (excluding diaryl/α,β-unsaturated/α-hetero) is 1. The van der Waals surface area contributed by atoms with Crippen molar-refractivity contribution in [3.63, 3.8) is 0 Å². The molecule has 1 aliphatic rings. The molecule has 1 aliphatic carbocycles. The van der Waals surface area contributed by atoms with Crippen LogP contribution in [0.1, 0.15) is 30.1 Å². The fourth-order valence-electron chi connectivity index (χ4n) is 2.05. The highest BCUT2D eigenvalue weighted by Crippen LogP contribution is 2.28. The number of ketones is 1. The average molecular weight is 297 g/mol. The van der Waals surface area contributed by atoms with E-state index in [9.17, 15) is 13.6 Å². The third-order valence-electron chi connectivity index (χ3n) is 3.88. The number of nitrogens with zero attached hydrogens (tertiary/aromatic N) is 1. The van der Waals surface area contributed by atoms with E-state index >= 15 is 0 Å². The van der Waals surface area contributed by atoms with E-state index in [2.05, 4.69) is 0 Å². The van der Waals surface area contributed by atoms with Gasteiger partial charge in [-0.25, -0.2) is 8.78 Å². The van der Waals surface area contributed by atoms with E-state index in [1.54, 1.807) is 14.0 Å². The summed E-state index contributed by atoms with van der Waals surface area (Å²) in [7, 11) is 1.80. The maximum Gasteiger partial charge on any atom is 0.182 e. The van der Waals surface area contributed by atoms with Crippen LogP contribution < -0.4 is 0 Å². The van der Waals surface area contributed by atoms with Gasteiger partial charge in [0.25, 0.3) is 0 Å². The molecule has 5 heteroatoms. The van der Waals surface area contributed by atoms with E-state index in [0.29, 0.717) is 19.1 Å². The Hall–Kier alpha value is -1.33. The van der Waals surface area contributed by atoms with Gasteiger partial charge in [0.1, 0.15) is 11.6 Å². The summed E-state index contributed by atoms with van der Waals surface area (Å²) in [6.07, 6.45) is 2.49. The van der Waals surface area contributed by atoms with Crippen LogP contribution in [0.5, 0.6) is 0 Å². The molecule has 3 nitrogen and oxygen atoms in total. The van der Waals surface area contributed by atoms with E-state index in [0.717, 1.165) is 18.7 Å². The molecule has 1 saturated carbocycles.